The molecule has 2 aromatic carbocycles. The van der Waals surface area contributed by atoms with E-state index in [1.54, 1.807) is 6.92 Å². The molecule has 4 heteroatoms. The number of ether oxygens (including phenoxy) is 1. The second kappa shape index (κ2) is 7.27. The summed E-state index contributed by atoms with van der Waals surface area (Å²) in [6.45, 7) is 3.83. The predicted octanol–water partition coefficient (Wildman–Crippen LogP) is 4.42. The lowest BCUT2D eigenvalue weighted by Gasteiger charge is -2.15. The molecule has 0 aliphatic heterocycles. The topological polar surface area (TPSA) is 38.3 Å². The van der Waals surface area contributed by atoms with Crippen molar-refractivity contribution in [3.63, 3.8) is 0 Å². The second-order valence-corrected chi connectivity index (χ2v) is 5.67. The van der Waals surface area contributed by atoms with Crippen molar-refractivity contribution in [2.45, 2.75) is 26.4 Å². The van der Waals surface area contributed by atoms with Crippen molar-refractivity contribution in [1.29, 1.82) is 0 Å². The fraction of sp³-hybridized carbons (Fsp3) is 0.235. The van der Waals surface area contributed by atoms with Crippen molar-refractivity contribution < 1.29 is 9.53 Å². The number of anilines is 1. The number of hydrogen-bond donors (Lipinski definition) is 1. The van der Waals surface area contributed by atoms with Gasteiger partial charge in [0.1, 0.15) is 5.75 Å². The first-order chi connectivity index (χ1) is 10.1. The van der Waals surface area contributed by atoms with E-state index in [2.05, 4.69) is 28.2 Å². The Kier molecular flexibility index (Phi) is 5.39. The Bertz CT molecular complexity index is 610. The Labute approximate surface area is 133 Å². The van der Waals surface area contributed by atoms with Gasteiger partial charge in [-0.05, 0) is 49.2 Å². The molecule has 110 valence electrons. The third-order valence-electron chi connectivity index (χ3n) is 3.11. The number of hydrogen-bond acceptors (Lipinski definition) is 2. The van der Waals surface area contributed by atoms with Crippen LogP contribution in [0.5, 0.6) is 5.75 Å². The summed E-state index contributed by atoms with van der Waals surface area (Å²) in [6.07, 6.45) is 0.418. The minimum Gasteiger partial charge on any atom is -0.481 e. The average molecular weight is 348 g/mol. The molecule has 0 saturated heterocycles. The number of nitrogens with one attached hydrogen (secondary N) is 1. The molecule has 1 atom stereocenters. The number of halogens is 1. The molecule has 0 bridgehead atoms. The molecule has 1 N–H and O–H groups in total. The quantitative estimate of drug-likeness (QED) is 0.869. The van der Waals surface area contributed by atoms with E-state index in [0.717, 1.165) is 16.6 Å². The van der Waals surface area contributed by atoms with E-state index < -0.39 is 6.10 Å². The number of rotatable bonds is 5. The maximum Gasteiger partial charge on any atom is 0.265 e. The molecular weight excluding hydrogens is 330 g/mol. The summed E-state index contributed by atoms with van der Waals surface area (Å²) in [5.74, 6) is 0.493. The Hall–Kier alpha value is -1.81. The zero-order valence-electron chi connectivity index (χ0n) is 12.1. The number of benzene rings is 2. The molecule has 0 fully saturated rings. The molecule has 0 aromatic heterocycles. The van der Waals surface area contributed by atoms with Crippen LogP contribution in [0.1, 0.15) is 19.4 Å². The molecule has 21 heavy (non-hydrogen) atoms. The third kappa shape index (κ3) is 4.60. The summed E-state index contributed by atoms with van der Waals surface area (Å²) >= 11 is 3.38. The molecule has 0 radical (unpaired) electrons. The van der Waals surface area contributed by atoms with E-state index in [4.69, 9.17) is 4.74 Å². The van der Waals surface area contributed by atoms with Crippen LogP contribution in [-0.2, 0) is 11.2 Å². The lowest BCUT2D eigenvalue weighted by atomic mass is 10.1. The Morgan fingerprint density at radius 3 is 2.57 bits per heavy atom. The zero-order valence-corrected chi connectivity index (χ0v) is 13.7. The Morgan fingerprint density at radius 1 is 1.24 bits per heavy atom. The highest BCUT2D eigenvalue weighted by Gasteiger charge is 2.14. The molecule has 0 spiro atoms. The van der Waals surface area contributed by atoms with E-state index in [0.29, 0.717) is 5.75 Å². The molecule has 0 aliphatic rings. The van der Waals surface area contributed by atoms with Gasteiger partial charge >= 0.3 is 0 Å². The summed E-state index contributed by atoms with van der Waals surface area (Å²) < 4.78 is 6.55. The lowest BCUT2D eigenvalue weighted by molar-refractivity contribution is -0.122. The van der Waals surface area contributed by atoms with Gasteiger partial charge in [0.15, 0.2) is 6.10 Å². The van der Waals surface area contributed by atoms with Gasteiger partial charge in [-0.25, -0.2) is 0 Å². The van der Waals surface area contributed by atoms with Gasteiger partial charge in [0.05, 0.1) is 0 Å². The van der Waals surface area contributed by atoms with Gasteiger partial charge in [-0.15, -0.1) is 0 Å². The van der Waals surface area contributed by atoms with E-state index in [9.17, 15) is 4.79 Å². The van der Waals surface area contributed by atoms with Crippen LogP contribution in [0.4, 0.5) is 5.69 Å². The normalized spacial score (nSPS) is 11.8. The largest absolute Gasteiger partial charge is 0.481 e. The van der Waals surface area contributed by atoms with E-state index in [1.165, 1.54) is 5.56 Å². The van der Waals surface area contributed by atoms with Gasteiger partial charge in [-0.2, -0.15) is 0 Å². The van der Waals surface area contributed by atoms with Crippen LogP contribution in [0.15, 0.2) is 53.0 Å². The fourth-order valence-electron chi connectivity index (χ4n) is 1.87. The average Bonchev–Trinajstić information content (AvgIpc) is 2.48. The maximum atomic E-state index is 12.1. The summed E-state index contributed by atoms with van der Waals surface area (Å²) in [7, 11) is 0. The summed E-state index contributed by atoms with van der Waals surface area (Å²) in [6, 6.07) is 15.3. The molecule has 3 nitrogen and oxygen atoms in total. The Morgan fingerprint density at radius 2 is 1.95 bits per heavy atom. The molecule has 0 unspecified atom stereocenters. The van der Waals surface area contributed by atoms with Crippen LogP contribution in [0.25, 0.3) is 0 Å². The highest BCUT2D eigenvalue weighted by Crippen LogP contribution is 2.19. The third-order valence-corrected chi connectivity index (χ3v) is 3.60. The number of amides is 1. The monoisotopic (exact) mass is 347 g/mol. The van der Waals surface area contributed by atoms with E-state index >= 15 is 0 Å². The van der Waals surface area contributed by atoms with Crippen LogP contribution in [0.3, 0.4) is 0 Å². The first kappa shape index (κ1) is 15.6. The van der Waals surface area contributed by atoms with Gasteiger partial charge in [0.2, 0.25) is 0 Å². The molecule has 2 rings (SSSR count). The van der Waals surface area contributed by atoms with Gasteiger partial charge in [0, 0.05) is 10.2 Å². The first-order valence-electron chi connectivity index (χ1n) is 6.90. The molecule has 2 aromatic rings. The molecule has 0 saturated carbocycles. The van der Waals surface area contributed by atoms with Gasteiger partial charge < -0.3 is 10.1 Å². The van der Waals surface area contributed by atoms with Crippen molar-refractivity contribution >= 4 is 27.5 Å². The van der Waals surface area contributed by atoms with Crippen LogP contribution < -0.4 is 10.1 Å². The number of aryl methyl sites for hydroxylation is 1. The zero-order chi connectivity index (χ0) is 15.2. The number of carbonyl (C=O) groups is 1. The minimum atomic E-state index is -0.565. The Balaban J connectivity index is 1.95. The summed E-state index contributed by atoms with van der Waals surface area (Å²) in [5.41, 5.74) is 2.02. The molecular formula is C17H18BrNO2. The highest BCUT2D eigenvalue weighted by atomic mass is 79.9. The maximum absolute atomic E-state index is 12.1. The summed E-state index contributed by atoms with van der Waals surface area (Å²) in [4.78, 5) is 12.1. The van der Waals surface area contributed by atoms with Gasteiger partial charge in [0.25, 0.3) is 5.91 Å². The van der Waals surface area contributed by atoms with Crippen LogP contribution >= 0.6 is 15.9 Å². The molecule has 0 aliphatic carbocycles. The standard InChI is InChI=1S/C17H18BrNO2/c1-3-13-7-9-15(10-8-13)19-17(20)12(2)21-16-6-4-5-14(18)11-16/h4-12H,3H2,1-2H3,(H,19,20)/t12-/m0/s1. The SMILES string of the molecule is CCc1ccc(NC(=O)[C@H](C)Oc2cccc(Br)c2)cc1. The fourth-order valence-corrected chi connectivity index (χ4v) is 2.24. The first-order valence-corrected chi connectivity index (χ1v) is 7.70. The van der Waals surface area contributed by atoms with E-state index in [1.807, 2.05) is 48.5 Å². The van der Waals surface area contributed by atoms with Crippen molar-refractivity contribution in [1.82, 2.24) is 0 Å². The van der Waals surface area contributed by atoms with Crippen molar-refractivity contribution in [3.05, 3.63) is 58.6 Å². The lowest BCUT2D eigenvalue weighted by Crippen LogP contribution is -2.30. The smallest absolute Gasteiger partial charge is 0.265 e. The van der Waals surface area contributed by atoms with E-state index in [-0.39, 0.29) is 5.91 Å². The van der Waals surface area contributed by atoms with Crippen LogP contribution in [-0.4, -0.2) is 12.0 Å². The number of carbonyl (C=O) groups excluding carboxylic acids is 1. The predicted molar refractivity (Wildman–Crippen MR) is 88.7 cm³/mol. The van der Waals surface area contributed by atoms with Crippen LogP contribution in [0.2, 0.25) is 0 Å². The molecule has 1 amide bonds. The minimum absolute atomic E-state index is 0.167. The second-order valence-electron chi connectivity index (χ2n) is 4.76. The van der Waals surface area contributed by atoms with Crippen molar-refractivity contribution in [2.24, 2.45) is 0 Å². The van der Waals surface area contributed by atoms with Crippen LogP contribution in [0, 0.1) is 0 Å². The van der Waals surface area contributed by atoms with Crippen molar-refractivity contribution in [2.75, 3.05) is 5.32 Å². The summed E-state index contributed by atoms with van der Waals surface area (Å²) in [5, 5.41) is 2.85. The van der Waals surface area contributed by atoms with Crippen molar-refractivity contribution in [3.8, 4) is 5.75 Å². The highest BCUT2D eigenvalue weighted by molar-refractivity contribution is 9.10. The van der Waals surface area contributed by atoms with Gasteiger partial charge in [-0.3, -0.25) is 4.79 Å². The molecule has 0 heterocycles. The van der Waals surface area contributed by atoms with Gasteiger partial charge in [-0.1, -0.05) is 41.1 Å².